The van der Waals surface area contributed by atoms with Gasteiger partial charge < -0.3 is 4.74 Å². The van der Waals surface area contributed by atoms with Crippen molar-refractivity contribution in [2.75, 3.05) is 0 Å². The van der Waals surface area contributed by atoms with E-state index in [0.717, 1.165) is 0 Å². The number of rotatable bonds is 7. The van der Waals surface area contributed by atoms with Crippen molar-refractivity contribution in [3.63, 3.8) is 0 Å². The third-order valence-electron chi connectivity index (χ3n) is 2.60. The molecule has 180 valence electrons. The smallest absolute Gasteiger partial charge is 0.368 e. The van der Waals surface area contributed by atoms with E-state index in [1.165, 1.54) is 4.74 Å². The Balaban J connectivity index is 6.17. The van der Waals surface area contributed by atoms with Crippen molar-refractivity contribution in [2.45, 2.75) is 48.4 Å². The number of hydrogen-bond donors (Lipinski definition) is 0. The number of halogens is 18. The molecule has 0 aliphatic heterocycles. The van der Waals surface area contributed by atoms with Crippen LogP contribution in [0.25, 0.3) is 0 Å². The standard InChI is InChI=1S/C9F18O3/c10-2(11,1(28)29-9(25,26)27)7(21,22)30-8(23,24)5(16,17)3(12,13)4(14,15)6(18,19)20. The zero-order valence-electron chi connectivity index (χ0n) is 12.5. The fourth-order valence-corrected chi connectivity index (χ4v) is 1.14. The van der Waals surface area contributed by atoms with Crippen LogP contribution in [0.15, 0.2) is 0 Å². The second-order valence-corrected chi connectivity index (χ2v) is 4.77. The molecule has 0 unspecified atom stereocenters. The molecule has 0 fully saturated rings. The van der Waals surface area contributed by atoms with Crippen LogP contribution in [0.2, 0.25) is 0 Å². The molecule has 0 radical (unpaired) electrons. The number of esters is 1. The molecule has 0 N–H and O–H groups in total. The van der Waals surface area contributed by atoms with Gasteiger partial charge in [0.25, 0.3) is 0 Å². The lowest BCUT2D eigenvalue weighted by molar-refractivity contribution is -0.503. The van der Waals surface area contributed by atoms with E-state index < -0.39 is 54.4 Å². The maximum Gasteiger partial charge on any atom is 0.575 e. The maximum atomic E-state index is 12.9. The minimum absolute atomic E-state index is 1.17. The molecule has 3 nitrogen and oxygen atoms in total. The molecule has 0 aromatic heterocycles. The van der Waals surface area contributed by atoms with Gasteiger partial charge in [0.05, 0.1) is 0 Å². The summed E-state index contributed by atoms with van der Waals surface area (Å²) >= 11 is 0. The zero-order chi connectivity index (χ0) is 25.0. The second-order valence-electron chi connectivity index (χ2n) is 4.77. The second kappa shape index (κ2) is 7.11. The van der Waals surface area contributed by atoms with Crippen LogP contribution in [0.4, 0.5) is 79.0 Å². The number of carbonyl (C=O) groups excluding carboxylic acids is 1. The largest absolute Gasteiger partial charge is 0.575 e. The third-order valence-corrected chi connectivity index (χ3v) is 2.60. The van der Waals surface area contributed by atoms with Crippen molar-refractivity contribution in [2.24, 2.45) is 0 Å². The molecule has 0 aliphatic carbocycles. The first-order valence-electron chi connectivity index (χ1n) is 5.92. The normalized spacial score (nSPS) is 15.9. The highest BCUT2D eigenvalue weighted by molar-refractivity contribution is 5.78. The number of hydrogen-bond acceptors (Lipinski definition) is 3. The highest BCUT2D eigenvalue weighted by Crippen LogP contribution is 2.58. The Kier molecular flexibility index (Phi) is 6.67. The molecule has 0 atom stereocenters. The van der Waals surface area contributed by atoms with E-state index >= 15 is 0 Å². The molecular formula is C9F18O3. The van der Waals surface area contributed by atoms with Gasteiger partial charge in [-0.2, -0.15) is 65.9 Å². The van der Waals surface area contributed by atoms with E-state index in [9.17, 15) is 83.8 Å². The third kappa shape index (κ3) is 4.58. The van der Waals surface area contributed by atoms with Crippen molar-refractivity contribution < 1.29 is 93.3 Å². The van der Waals surface area contributed by atoms with Gasteiger partial charge in [-0.25, -0.2) is 9.53 Å². The first-order valence-corrected chi connectivity index (χ1v) is 5.92. The maximum absolute atomic E-state index is 12.9. The Bertz CT molecular complexity index is 642. The molecule has 0 aromatic carbocycles. The summed E-state index contributed by atoms with van der Waals surface area (Å²) in [6.45, 7) is 0. The van der Waals surface area contributed by atoms with E-state index in [4.69, 9.17) is 0 Å². The van der Waals surface area contributed by atoms with Gasteiger partial charge in [-0.05, 0) is 0 Å². The lowest BCUT2D eigenvalue weighted by Crippen LogP contribution is -2.68. The minimum Gasteiger partial charge on any atom is -0.368 e. The van der Waals surface area contributed by atoms with Crippen LogP contribution < -0.4 is 0 Å². The van der Waals surface area contributed by atoms with Crippen molar-refractivity contribution >= 4 is 5.97 Å². The van der Waals surface area contributed by atoms with Crippen LogP contribution in [0.1, 0.15) is 0 Å². The molecule has 30 heavy (non-hydrogen) atoms. The molecule has 0 bridgehead atoms. The quantitative estimate of drug-likeness (QED) is 0.351. The molecule has 0 saturated heterocycles. The van der Waals surface area contributed by atoms with Gasteiger partial charge >= 0.3 is 54.4 Å². The van der Waals surface area contributed by atoms with E-state index in [-0.39, 0.29) is 0 Å². The fourth-order valence-electron chi connectivity index (χ4n) is 1.14. The van der Waals surface area contributed by atoms with Gasteiger partial charge in [0.15, 0.2) is 0 Å². The van der Waals surface area contributed by atoms with Crippen molar-refractivity contribution in [3.05, 3.63) is 0 Å². The predicted octanol–water partition coefficient (Wildman–Crippen LogP) is 5.36. The summed E-state index contributed by atoms with van der Waals surface area (Å²) in [4.78, 5) is 10.2. The van der Waals surface area contributed by atoms with Crippen molar-refractivity contribution in [1.29, 1.82) is 0 Å². The van der Waals surface area contributed by atoms with Gasteiger partial charge in [-0.15, -0.1) is 13.2 Å². The molecule has 0 saturated carbocycles. The topological polar surface area (TPSA) is 35.5 Å². The summed E-state index contributed by atoms with van der Waals surface area (Å²) in [7, 11) is 0. The number of carbonyl (C=O) groups is 1. The van der Waals surface area contributed by atoms with Crippen LogP contribution in [0.5, 0.6) is 0 Å². The SMILES string of the molecule is O=C(OC(F)(F)F)C(F)(F)C(F)(F)OC(F)(F)C(F)(F)C(F)(F)C(F)(F)C(F)(F)F. The number of ether oxygens (including phenoxy) is 2. The van der Waals surface area contributed by atoms with Gasteiger partial charge in [-0.1, -0.05) is 0 Å². The highest BCUT2D eigenvalue weighted by Gasteiger charge is 2.89. The summed E-state index contributed by atoms with van der Waals surface area (Å²) < 4.78 is 226. The predicted molar refractivity (Wildman–Crippen MR) is 49.0 cm³/mol. The van der Waals surface area contributed by atoms with Crippen LogP contribution in [0.3, 0.4) is 0 Å². The van der Waals surface area contributed by atoms with E-state index in [0.29, 0.717) is 0 Å². The van der Waals surface area contributed by atoms with Crippen LogP contribution in [-0.2, 0) is 14.3 Å². The zero-order valence-corrected chi connectivity index (χ0v) is 12.5. The molecule has 21 heteroatoms. The molecule has 0 aliphatic rings. The van der Waals surface area contributed by atoms with E-state index in [1.54, 1.807) is 4.74 Å². The monoisotopic (exact) mass is 498 g/mol. The first-order chi connectivity index (χ1) is 12.6. The Labute approximate surface area is 149 Å². The summed E-state index contributed by atoms with van der Waals surface area (Å²) in [6, 6.07) is 0. The lowest BCUT2D eigenvalue weighted by atomic mass is 10.0. The van der Waals surface area contributed by atoms with Gasteiger partial charge in [0.1, 0.15) is 0 Å². The van der Waals surface area contributed by atoms with Gasteiger partial charge in [0.2, 0.25) is 0 Å². The van der Waals surface area contributed by atoms with Crippen LogP contribution in [-0.4, -0.2) is 54.4 Å². The molecule has 0 rings (SSSR count). The van der Waals surface area contributed by atoms with E-state index in [2.05, 4.69) is 0 Å². The molecule has 0 spiro atoms. The Morgan fingerprint density at radius 1 is 0.500 bits per heavy atom. The summed E-state index contributed by atoms with van der Waals surface area (Å²) in [5, 5.41) is 0. The van der Waals surface area contributed by atoms with Crippen LogP contribution >= 0.6 is 0 Å². The summed E-state index contributed by atoms with van der Waals surface area (Å²) in [6.07, 6.45) is -30.0. The number of alkyl halides is 18. The molecule has 0 heterocycles. The Hall–Kier alpha value is -1.83. The summed E-state index contributed by atoms with van der Waals surface area (Å²) in [5.74, 6) is -36.7. The Morgan fingerprint density at radius 3 is 1.17 bits per heavy atom. The molecular weight excluding hydrogens is 498 g/mol. The fraction of sp³-hybridized carbons (Fsp3) is 0.889. The first kappa shape index (κ1) is 28.2. The van der Waals surface area contributed by atoms with Gasteiger partial charge in [-0.3, -0.25) is 0 Å². The Morgan fingerprint density at radius 2 is 0.867 bits per heavy atom. The van der Waals surface area contributed by atoms with Crippen molar-refractivity contribution in [1.82, 2.24) is 0 Å². The molecule has 0 aromatic rings. The average Bonchev–Trinajstić information content (AvgIpc) is 2.41. The molecule has 0 amide bonds. The summed E-state index contributed by atoms with van der Waals surface area (Å²) in [5.41, 5.74) is 0. The average molecular weight is 498 g/mol. The van der Waals surface area contributed by atoms with Crippen molar-refractivity contribution in [3.8, 4) is 0 Å². The minimum atomic E-state index is -8.37. The van der Waals surface area contributed by atoms with Gasteiger partial charge in [0, 0.05) is 0 Å². The van der Waals surface area contributed by atoms with Crippen LogP contribution in [0, 0.1) is 0 Å². The van der Waals surface area contributed by atoms with E-state index in [1.807, 2.05) is 0 Å². The lowest BCUT2D eigenvalue weighted by Gasteiger charge is -2.38. The highest BCUT2D eigenvalue weighted by atomic mass is 19.4.